The summed E-state index contributed by atoms with van der Waals surface area (Å²) in [5.41, 5.74) is 6.27. The molecule has 100 valence electrons. The smallest absolute Gasteiger partial charge is 0.350 e. The number of aryl methyl sites for hydroxylation is 1. The molecule has 0 atom stereocenters. The van der Waals surface area contributed by atoms with Gasteiger partial charge in [0.25, 0.3) is 0 Å². The van der Waals surface area contributed by atoms with Crippen LogP contribution < -0.4 is 5.73 Å². The van der Waals surface area contributed by atoms with Crippen LogP contribution in [0, 0.1) is 6.92 Å². The lowest BCUT2D eigenvalue weighted by molar-refractivity contribution is 0.0272. The molecule has 1 aliphatic carbocycles. The molecule has 0 aromatic carbocycles. The fourth-order valence-corrected chi connectivity index (χ4v) is 3.12. The lowest BCUT2D eigenvalue weighted by Crippen LogP contribution is -2.17. The Balaban J connectivity index is 1.99. The molecule has 2 N–H and O–H groups in total. The van der Waals surface area contributed by atoms with Crippen molar-refractivity contribution >= 4 is 17.3 Å². The van der Waals surface area contributed by atoms with Crippen molar-refractivity contribution < 1.29 is 9.53 Å². The summed E-state index contributed by atoms with van der Waals surface area (Å²) < 4.78 is 5.59. The first-order valence-corrected chi connectivity index (χ1v) is 7.39. The minimum absolute atomic E-state index is 0.0860. The highest BCUT2D eigenvalue weighted by Crippen LogP contribution is 2.24. The molecular formula is C13H20N2O2S. The van der Waals surface area contributed by atoms with Gasteiger partial charge in [0.1, 0.15) is 16.0 Å². The molecule has 1 saturated carbocycles. The van der Waals surface area contributed by atoms with Crippen LogP contribution in [0.3, 0.4) is 0 Å². The second-order valence-electron chi connectivity index (χ2n) is 4.75. The van der Waals surface area contributed by atoms with Gasteiger partial charge in [-0.3, -0.25) is 0 Å². The summed E-state index contributed by atoms with van der Waals surface area (Å²) in [5.74, 6) is -0.225. The second kappa shape index (κ2) is 6.29. The number of hydrogen-bond acceptors (Lipinski definition) is 5. The standard InChI is InChI=1S/C13H20N2O2S/c1-9-12(18-11(8-14)15-9)13(16)17-10-6-4-2-3-5-7-10/h10H,2-8,14H2,1H3. The van der Waals surface area contributed by atoms with Gasteiger partial charge in [-0.1, -0.05) is 12.8 Å². The van der Waals surface area contributed by atoms with Crippen molar-refractivity contribution in [3.8, 4) is 0 Å². The number of nitrogens with zero attached hydrogens (tertiary/aromatic N) is 1. The summed E-state index contributed by atoms with van der Waals surface area (Å²) in [6.07, 6.45) is 6.90. The van der Waals surface area contributed by atoms with Crippen LogP contribution in [0.2, 0.25) is 0 Å². The predicted molar refractivity (Wildman–Crippen MR) is 71.6 cm³/mol. The zero-order chi connectivity index (χ0) is 13.0. The molecule has 0 spiro atoms. The topological polar surface area (TPSA) is 65.2 Å². The number of esters is 1. The SMILES string of the molecule is Cc1nc(CN)sc1C(=O)OC1CCCCCC1. The van der Waals surface area contributed by atoms with Crippen LogP contribution in [0.5, 0.6) is 0 Å². The highest BCUT2D eigenvalue weighted by Gasteiger charge is 2.21. The van der Waals surface area contributed by atoms with Crippen molar-refractivity contribution in [1.82, 2.24) is 4.98 Å². The number of aromatic nitrogens is 1. The maximum atomic E-state index is 12.1. The zero-order valence-electron chi connectivity index (χ0n) is 10.8. The van der Waals surface area contributed by atoms with Crippen molar-refractivity contribution in [3.05, 3.63) is 15.6 Å². The maximum Gasteiger partial charge on any atom is 0.350 e. The number of nitrogens with two attached hydrogens (primary N) is 1. The van der Waals surface area contributed by atoms with Crippen LogP contribution >= 0.6 is 11.3 Å². The van der Waals surface area contributed by atoms with Crippen LogP contribution in [0.1, 0.15) is 58.9 Å². The Morgan fingerprint density at radius 1 is 1.39 bits per heavy atom. The van der Waals surface area contributed by atoms with Crippen molar-refractivity contribution in [2.24, 2.45) is 5.73 Å². The monoisotopic (exact) mass is 268 g/mol. The summed E-state index contributed by atoms with van der Waals surface area (Å²) >= 11 is 1.35. The molecule has 1 fully saturated rings. The van der Waals surface area contributed by atoms with E-state index in [0.717, 1.165) is 36.4 Å². The van der Waals surface area contributed by atoms with Gasteiger partial charge in [-0.2, -0.15) is 0 Å². The van der Waals surface area contributed by atoms with E-state index in [4.69, 9.17) is 10.5 Å². The van der Waals surface area contributed by atoms with Gasteiger partial charge in [-0.05, 0) is 32.6 Å². The van der Waals surface area contributed by atoms with Gasteiger partial charge in [0, 0.05) is 6.54 Å². The molecule has 4 nitrogen and oxygen atoms in total. The van der Waals surface area contributed by atoms with Crippen LogP contribution in [-0.4, -0.2) is 17.1 Å². The Morgan fingerprint density at radius 2 is 2.06 bits per heavy atom. The highest BCUT2D eigenvalue weighted by atomic mass is 32.1. The Labute approximate surface area is 112 Å². The van der Waals surface area contributed by atoms with Gasteiger partial charge in [0.15, 0.2) is 0 Å². The Kier molecular flexibility index (Phi) is 4.72. The van der Waals surface area contributed by atoms with Gasteiger partial charge < -0.3 is 10.5 Å². The van der Waals surface area contributed by atoms with Gasteiger partial charge >= 0.3 is 5.97 Å². The third-order valence-corrected chi connectivity index (χ3v) is 4.44. The average Bonchev–Trinajstić information content (AvgIpc) is 2.57. The van der Waals surface area contributed by atoms with Gasteiger partial charge in [0.05, 0.1) is 5.69 Å². The summed E-state index contributed by atoms with van der Waals surface area (Å²) in [6, 6.07) is 0. The quantitative estimate of drug-likeness (QED) is 0.676. The van der Waals surface area contributed by atoms with E-state index in [1.807, 2.05) is 6.92 Å². The lowest BCUT2D eigenvalue weighted by atomic mass is 10.1. The van der Waals surface area contributed by atoms with Gasteiger partial charge in [0.2, 0.25) is 0 Å². The fourth-order valence-electron chi connectivity index (χ4n) is 2.29. The van der Waals surface area contributed by atoms with Crippen molar-refractivity contribution in [3.63, 3.8) is 0 Å². The van der Waals surface area contributed by atoms with Crippen molar-refractivity contribution in [2.75, 3.05) is 0 Å². The molecule has 0 radical (unpaired) electrons. The first-order valence-electron chi connectivity index (χ1n) is 6.58. The molecule has 18 heavy (non-hydrogen) atoms. The molecule has 0 saturated heterocycles. The van der Waals surface area contributed by atoms with Crippen LogP contribution in [0.4, 0.5) is 0 Å². The summed E-state index contributed by atoms with van der Waals surface area (Å²) in [6.45, 7) is 2.21. The minimum Gasteiger partial charge on any atom is -0.458 e. The van der Waals surface area contributed by atoms with Crippen molar-refractivity contribution in [1.29, 1.82) is 0 Å². The van der Waals surface area contributed by atoms with Crippen LogP contribution in [-0.2, 0) is 11.3 Å². The molecular weight excluding hydrogens is 248 g/mol. The predicted octanol–water partition coefficient (Wildman–Crippen LogP) is 2.79. The van der Waals surface area contributed by atoms with E-state index >= 15 is 0 Å². The second-order valence-corrected chi connectivity index (χ2v) is 5.83. The number of carbonyl (C=O) groups is 1. The summed E-state index contributed by atoms with van der Waals surface area (Å²) in [4.78, 5) is 16.9. The van der Waals surface area contributed by atoms with E-state index in [1.165, 1.54) is 24.2 Å². The molecule has 1 heterocycles. The van der Waals surface area contributed by atoms with E-state index in [2.05, 4.69) is 4.98 Å². The van der Waals surface area contributed by atoms with E-state index in [1.54, 1.807) is 0 Å². The molecule has 1 aromatic heterocycles. The van der Waals surface area contributed by atoms with E-state index in [0.29, 0.717) is 11.4 Å². The largest absolute Gasteiger partial charge is 0.458 e. The first kappa shape index (κ1) is 13.5. The normalized spacial score (nSPS) is 17.4. The van der Waals surface area contributed by atoms with Gasteiger partial charge in [-0.25, -0.2) is 9.78 Å². The average molecular weight is 268 g/mol. The molecule has 5 heteroatoms. The van der Waals surface area contributed by atoms with Gasteiger partial charge in [-0.15, -0.1) is 11.3 Å². The highest BCUT2D eigenvalue weighted by molar-refractivity contribution is 7.13. The maximum absolute atomic E-state index is 12.1. The van der Waals surface area contributed by atoms with Crippen LogP contribution in [0.25, 0.3) is 0 Å². The van der Waals surface area contributed by atoms with Crippen LogP contribution in [0.15, 0.2) is 0 Å². The Bertz CT molecular complexity index is 409. The third kappa shape index (κ3) is 3.29. The Hall–Kier alpha value is -0.940. The summed E-state index contributed by atoms with van der Waals surface area (Å²) in [7, 11) is 0. The molecule has 1 aliphatic rings. The molecule has 1 aromatic rings. The number of thiazole rings is 1. The van der Waals surface area contributed by atoms with E-state index < -0.39 is 0 Å². The third-order valence-electron chi connectivity index (χ3n) is 3.28. The Morgan fingerprint density at radius 3 is 2.61 bits per heavy atom. The molecule has 0 unspecified atom stereocenters. The lowest BCUT2D eigenvalue weighted by Gasteiger charge is -2.14. The fraction of sp³-hybridized carbons (Fsp3) is 0.692. The van der Waals surface area contributed by atoms with E-state index in [-0.39, 0.29) is 12.1 Å². The molecule has 0 amide bonds. The minimum atomic E-state index is -0.225. The number of hydrogen-bond donors (Lipinski definition) is 1. The zero-order valence-corrected chi connectivity index (χ0v) is 11.6. The number of ether oxygens (including phenoxy) is 1. The van der Waals surface area contributed by atoms with E-state index in [9.17, 15) is 4.79 Å². The summed E-state index contributed by atoms with van der Waals surface area (Å²) in [5, 5.41) is 0.792. The molecule has 2 rings (SSSR count). The van der Waals surface area contributed by atoms with Crippen molar-refractivity contribution in [2.45, 2.75) is 58.1 Å². The number of carbonyl (C=O) groups excluding carboxylic acids is 1. The number of rotatable bonds is 3. The first-order chi connectivity index (χ1) is 8.70. The molecule has 0 aliphatic heterocycles. The molecule has 0 bridgehead atoms.